The van der Waals surface area contributed by atoms with Crippen LogP contribution in [0, 0.1) is 0 Å². The van der Waals surface area contributed by atoms with Gasteiger partial charge in [-0.25, -0.2) is 4.98 Å². The average molecular weight is 292 g/mol. The van der Waals surface area contributed by atoms with Crippen LogP contribution in [0.3, 0.4) is 0 Å². The highest BCUT2D eigenvalue weighted by Gasteiger charge is 2.16. The second-order valence-corrected chi connectivity index (χ2v) is 4.91. The van der Waals surface area contributed by atoms with Gasteiger partial charge < -0.3 is 14.8 Å². The van der Waals surface area contributed by atoms with Crippen molar-refractivity contribution in [1.29, 1.82) is 0 Å². The fourth-order valence-corrected chi connectivity index (χ4v) is 2.36. The van der Waals surface area contributed by atoms with Crippen LogP contribution in [0.25, 0.3) is 10.9 Å². The minimum absolute atomic E-state index is 0.187. The maximum Gasteiger partial charge on any atom is 0.256 e. The molecule has 5 heteroatoms. The summed E-state index contributed by atoms with van der Waals surface area (Å²) < 4.78 is 10.5. The fraction of sp³-hybridized carbons (Fsp3) is 0.0588. The molecule has 0 saturated heterocycles. The first kappa shape index (κ1) is 12.6. The van der Waals surface area contributed by atoms with Crippen LogP contribution < -0.4 is 14.8 Å². The molecule has 3 aromatic rings. The molecule has 0 saturated carbocycles. The predicted octanol–water partition coefficient (Wildman–Crippen LogP) is 3.22. The molecular formula is C17H12N2O3. The Balaban J connectivity index is 1.60. The number of para-hydroxylation sites is 1. The number of ether oxygens (including phenoxy) is 2. The van der Waals surface area contributed by atoms with E-state index in [0.29, 0.717) is 22.9 Å². The highest BCUT2D eigenvalue weighted by Crippen LogP contribution is 2.32. The Hall–Kier alpha value is -3.08. The first-order chi connectivity index (χ1) is 10.8. The summed E-state index contributed by atoms with van der Waals surface area (Å²) in [4.78, 5) is 16.7. The number of pyridine rings is 1. The second kappa shape index (κ2) is 5.04. The monoisotopic (exact) mass is 292 g/mol. The maximum absolute atomic E-state index is 12.3. The van der Waals surface area contributed by atoms with Crippen LogP contribution in [-0.4, -0.2) is 17.7 Å². The lowest BCUT2D eigenvalue weighted by Gasteiger charge is -2.06. The van der Waals surface area contributed by atoms with Gasteiger partial charge in [0.2, 0.25) is 6.79 Å². The zero-order valence-corrected chi connectivity index (χ0v) is 11.6. The molecule has 0 unspecified atom stereocenters. The van der Waals surface area contributed by atoms with Crippen molar-refractivity contribution in [2.24, 2.45) is 0 Å². The van der Waals surface area contributed by atoms with Gasteiger partial charge in [0.05, 0.1) is 5.52 Å². The lowest BCUT2D eigenvalue weighted by atomic mass is 10.2. The molecule has 1 aliphatic rings. The first-order valence-corrected chi connectivity index (χ1v) is 6.86. The van der Waals surface area contributed by atoms with E-state index in [1.807, 2.05) is 30.3 Å². The second-order valence-electron chi connectivity index (χ2n) is 4.91. The van der Waals surface area contributed by atoms with Crippen LogP contribution in [0.2, 0.25) is 0 Å². The third kappa shape index (κ3) is 2.22. The Labute approximate surface area is 126 Å². The van der Waals surface area contributed by atoms with Gasteiger partial charge in [0, 0.05) is 10.9 Å². The van der Waals surface area contributed by atoms with Gasteiger partial charge in [-0.05, 0) is 36.4 Å². The summed E-state index contributed by atoms with van der Waals surface area (Å²) in [5.74, 6) is 1.52. The van der Waals surface area contributed by atoms with Gasteiger partial charge in [-0.15, -0.1) is 0 Å². The number of hydrogen-bond donors (Lipinski definition) is 1. The van der Waals surface area contributed by atoms with E-state index in [-0.39, 0.29) is 12.7 Å². The number of carbonyl (C=O) groups is 1. The topological polar surface area (TPSA) is 60.5 Å². The van der Waals surface area contributed by atoms with Gasteiger partial charge in [-0.3, -0.25) is 4.79 Å². The Bertz CT molecular complexity index is 877. The minimum Gasteiger partial charge on any atom is -0.454 e. The number of benzene rings is 2. The molecule has 0 radical (unpaired) electrons. The van der Waals surface area contributed by atoms with Gasteiger partial charge in [0.1, 0.15) is 5.82 Å². The molecule has 1 N–H and O–H groups in total. The lowest BCUT2D eigenvalue weighted by Crippen LogP contribution is -2.12. The third-order valence-corrected chi connectivity index (χ3v) is 3.47. The number of hydrogen-bond acceptors (Lipinski definition) is 4. The van der Waals surface area contributed by atoms with Crippen LogP contribution in [0.1, 0.15) is 10.4 Å². The molecule has 0 spiro atoms. The van der Waals surface area contributed by atoms with Crippen molar-refractivity contribution in [3.63, 3.8) is 0 Å². The molecular weight excluding hydrogens is 280 g/mol. The Morgan fingerprint density at radius 3 is 2.82 bits per heavy atom. The molecule has 22 heavy (non-hydrogen) atoms. The molecule has 2 heterocycles. The molecule has 2 aromatic carbocycles. The summed E-state index contributed by atoms with van der Waals surface area (Å²) >= 11 is 0. The van der Waals surface area contributed by atoms with Gasteiger partial charge in [0.25, 0.3) is 5.91 Å². The Morgan fingerprint density at radius 2 is 1.86 bits per heavy atom. The van der Waals surface area contributed by atoms with Crippen LogP contribution in [0.15, 0.2) is 54.6 Å². The molecule has 0 fully saturated rings. The number of anilines is 1. The zero-order valence-electron chi connectivity index (χ0n) is 11.6. The summed E-state index contributed by atoms with van der Waals surface area (Å²) in [6.45, 7) is 0.187. The van der Waals surface area contributed by atoms with Gasteiger partial charge in [-0.1, -0.05) is 18.2 Å². The van der Waals surface area contributed by atoms with Crippen molar-refractivity contribution in [2.45, 2.75) is 0 Å². The van der Waals surface area contributed by atoms with E-state index in [1.165, 1.54) is 0 Å². The summed E-state index contributed by atoms with van der Waals surface area (Å²) in [6, 6.07) is 16.6. The molecule has 108 valence electrons. The van der Waals surface area contributed by atoms with Crippen molar-refractivity contribution < 1.29 is 14.3 Å². The summed E-state index contributed by atoms with van der Waals surface area (Å²) in [6.07, 6.45) is 0. The molecule has 1 aromatic heterocycles. The highest BCUT2D eigenvalue weighted by atomic mass is 16.7. The minimum atomic E-state index is -0.235. The maximum atomic E-state index is 12.3. The van der Waals surface area contributed by atoms with Crippen molar-refractivity contribution >= 4 is 22.6 Å². The Morgan fingerprint density at radius 1 is 1.00 bits per heavy atom. The molecule has 1 aliphatic heterocycles. The van der Waals surface area contributed by atoms with Crippen molar-refractivity contribution in [3.05, 3.63) is 60.2 Å². The number of aromatic nitrogens is 1. The third-order valence-electron chi connectivity index (χ3n) is 3.47. The smallest absolute Gasteiger partial charge is 0.256 e. The standard InChI is InChI=1S/C17H12N2O3/c20-17(12-5-7-14-15(9-12)22-10-21-14)19-16-8-6-11-3-1-2-4-13(11)18-16/h1-9H,10H2,(H,18,19,20). The van der Waals surface area contributed by atoms with Gasteiger partial charge >= 0.3 is 0 Å². The molecule has 5 nitrogen and oxygen atoms in total. The molecule has 1 amide bonds. The summed E-state index contributed by atoms with van der Waals surface area (Å²) in [7, 11) is 0. The number of amides is 1. The van der Waals surface area contributed by atoms with Gasteiger partial charge in [-0.2, -0.15) is 0 Å². The van der Waals surface area contributed by atoms with E-state index in [2.05, 4.69) is 10.3 Å². The van der Waals surface area contributed by atoms with Gasteiger partial charge in [0.15, 0.2) is 11.5 Å². The van der Waals surface area contributed by atoms with Crippen molar-refractivity contribution in [1.82, 2.24) is 4.98 Å². The highest BCUT2D eigenvalue weighted by molar-refractivity contribution is 6.04. The zero-order chi connectivity index (χ0) is 14.9. The lowest BCUT2D eigenvalue weighted by molar-refractivity contribution is 0.102. The number of nitrogens with one attached hydrogen (secondary N) is 1. The van der Waals surface area contributed by atoms with Crippen molar-refractivity contribution in [2.75, 3.05) is 12.1 Å². The van der Waals surface area contributed by atoms with E-state index >= 15 is 0 Å². The van der Waals surface area contributed by atoms with E-state index < -0.39 is 0 Å². The van der Waals surface area contributed by atoms with E-state index in [1.54, 1.807) is 24.3 Å². The van der Waals surface area contributed by atoms with Crippen LogP contribution in [-0.2, 0) is 0 Å². The largest absolute Gasteiger partial charge is 0.454 e. The Kier molecular flexibility index (Phi) is 2.89. The molecule has 0 atom stereocenters. The van der Waals surface area contributed by atoms with E-state index in [4.69, 9.17) is 9.47 Å². The molecule has 0 bridgehead atoms. The number of nitrogens with zero attached hydrogens (tertiary/aromatic N) is 1. The van der Waals surface area contributed by atoms with Crippen LogP contribution in [0.5, 0.6) is 11.5 Å². The average Bonchev–Trinajstić information content (AvgIpc) is 3.02. The van der Waals surface area contributed by atoms with Crippen LogP contribution >= 0.6 is 0 Å². The fourth-order valence-electron chi connectivity index (χ4n) is 2.36. The van der Waals surface area contributed by atoms with Crippen molar-refractivity contribution in [3.8, 4) is 11.5 Å². The summed E-state index contributed by atoms with van der Waals surface area (Å²) in [5.41, 5.74) is 1.34. The number of rotatable bonds is 2. The SMILES string of the molecule is O=C(Nc1ccc2ccccc2n1)c1ccc2c(c1)OCO2. The van der Waals surface area contributed by atoms with Crippen LogP contribution in [0.4, 0.5) is 5.82 Å². The quantitative estimate of drug-likeness (QED) is 0.788. The predicted molar refractivity (Wildman–Crippen MR) is 82.3 cm³/mol. The number of fused-ring (bicyclic) bond motifs is 2. The molecule has 0 aliphatic carbocycles. The van der Waals surface area contributed by atoms with E-state index in [0.717, 1.165) is 10.9 Å². The summed E-state index contributed by atoms with van der Waals surface area (Å²) in [5, 5.41) is 3.83. The van der Waals surface area contributed by atoms with E-state index in [9.17, 15) is 4.79 Å². The first-order valence-electron chi connectivity index (χ1n) is 6.86. The normalized spacial score (nSPS) is 12.4. The number of carbonyl (C=O) groups excluding carboxylic acids is 1. The molecule has 4 rings (SSSR count).